The monoisotopic (exact) mass is 426 g/mol. The number of thioether (sulfide) groups is 1. The summed E-state index contributed by atoms with van der Waals surface area (Å²) >= 11 is 1.39. The molecule has 0 saturated carbocycles. The van der Waals surface area contributed by atoms with Gasteiger partial charge in [0.15, 0.2) is 17.6 Å². The van der Waals surface area contributed by atoms with Gasteiger partial charge in [-0.15, -0.1) is 11.8 Å². The van der Waals surface area contributed by atoms with Gasteiger partial charge < -0.3 is 19.2 Å². The SMILES string of the molecule is COc1c2c(c3ncoc3c1OC)CC[C@H](NC(C)=O)c1cc(=O)c(SC)ccc1-2. The smallest absolute Gasteiger partial charge is 0.217 e. The number of nitrogens with zero attached hydrogens (tertiary/aromatic N) is 1. The summed E-state index contributed by atoms with van der Waals surface area (Å²) in [6, 6.07) is 5.02. The number of fused-ring (bicyclic) bond motifs is 5. The number of carbonyl (C=O) groups is 1. The lowest BCUT2D eigenvalue weighted by Crippen LogP contribution is -2.26. The molecule has 0 aliphatic heterocycles. The maximum absolute atomic E-state index is 12.8. The Morgan fingerprint density at radius 1 is 1.27 bits per heavy atom. The summed E-state index contributed by atoms with van der Waals surface area (Å²) < 4.78 is 17.0. The molecule has 0 saturated heterocycles. The number of aromatic nitrogens is 1. The Morgan fingerprint density at radius 2 is 2.03 bits per heavy atom. The van der Waals surface area contributed by atoms with Crippen LogP contribution in [-0.2, 0) is 11.2 Å². The fourth-order valence-corrected chi connectivity index (χ4v) is 4.62. The van der Waals surface area contributed by atoms with Gasteiger partial charge in [0.05, 0.1) is 25.2 Å². The normalized spacial score (nSPS) is 15.1. The molecule has 1 aliphatic carbocycles. The van der Waals surface area contributed by atoms with Gasteiger partial charge >= 0.3 is 0 Å². The topological polar surface area (TPSA) is 90.7 Å². The fourth-order valence-electron chi connectivity index (χ4n) is 4.15. The van der Waals surface area contributed by atoms with Gasteiger partial charge in [-0.05, 0) is 47.9 Å². The Morgan fingerprint density at radius 3 is 2.70 bits per heavy atom. The number of oxazole rings is 1. The predicted octanol–water partition coefficient (Wildman–Crippen LogP) is 3.72. The molecule has 8 heteroatoms. The van der Waals surface area contributed by atoms with Crippen molar-refractivity contribution >= 4 is 28.8 Å². The van der Waals surface area contributed by atoms with E-state index >= 15 is 0 Å². The summed E-state index contributed by atoms with van der Waals surface area (Å²) in [7, 11) is 3.13. The second-order valence-corrected chi connectivity index (χ2v) is 7.87. The predicted molar refractivity (Wildman–Crippen MR) is 115 cm³/mol. The molecule has 1 N–H and O–H groups in total. The lowest BCUT2D eigenvalue weighted by molar-refractivity contribution is -0.119. The number of benzene rings is 1. The molecule has 156 valence electrons. The van der Waals surface area contributed by atoms with Crippen LogP contribution in [0.15, 0.2) is 38.7 Å². The molecule has 1 aromatic heterocycles. The summed E-state index contributed by atoms with van der Waals surface area (Å²) in [6.07, 6.45) is 4.47. The second kappa shape index (κ2) is 8.02. The molecule has 0 bridgehead atoms. The highest BCUT2D eigenvalue weighted by Crippen LogP contribution is 2.50. The molecule has 7 nitrogen and oxygen atoms in total. The van der Waals surface area contributed by atoms with Crippen molar-refractivity contribution in [1.29, 1.82) is 0 Å². The first kappa shape index (κ1) is 20.3. The minimum absolute atomic E-state index is 0.0870. The molecular formula is C22H22N2O5S. The zero-order valence-electron chi connectivity index (χ0n) is 17.2. The van der Waals surface area contributed by atoms with Gasteiger partial charge in [-0.25, -0.2) is 4.98 Å². The van der Waals surface area contributed by atoms with Crippen molar-refractivity contribution in [3.63, 3.8) is 0 Å². The zero-order valence-corrected chi connectivity index (χ0v) is 18.0. The van der Waals surface area contributed by atoms with Crippen LogP contribution in [0, 0.1) is 0 Å². The van der Waals surface area contributed by atoms with Gasteiger partial charge in [0.2, 0.25) is 17.2 Å². The minimum Gasteiger partial charge on any atom is -0.492 e. The molecule has 30 heavy (non-hydrogen) atoms. The van der Waals surface area contributed by atoms with Gasteiger partial charge in [0, 0.05) is 12.5 Å². The Bertz CT molecular complexity index is 1200. The Balaban J connectivity index is 2.15. The van der Waals surface area contributed by atoms with Gasteiger partial charge in [-0.2, -0.15) is 0 Å². The van der Waals surface area contributed by atoms with Crippen molar-refractivity contribution < 1.29 is 18.7 Å². The molecule has 2 aromatic carbocycles. The number of ether oxygens (including phenoxy) is 2. The Kier molecular flexibility index (Phi) is 5.42. The van der Waals surface area contributed by atoms with E-state index in [1.807, 2.05) is 18.4 Å². The van der Waals surface area contributed by atoms with Crippen LogP contribution in [0.25, 0.3) is 22.2 Å². The van der Waals surface area contributed by atoms with E-state index in [1.165, 1.54) is 25.1 Å². The number of carbonyl (C=O) groups excluding carboxylic acids is 1. The summed E-state index contributed by atoms with van der Waals surface area (Å²) in [5.41, 5.74) is 4.42. The highest BCUT2D eigenvalue weighted by Gasteiger charge is 2.31. The number of rotatable bonds is 4. The molecule has 0 radical (unpaired) electrons. The summed E-state index contributed by atoms with van der Waals surface area (Å²) in [5, 5.41) is 3.00. The van der Waals surface area contributed by atoms with E-state index in [-0.39, 0.29) is 17.4 Å². The standard InChI is InChI=1S/C22H22N2O5S/c1-11(25)24-15-7-5-13-18(12-6-8-17(30-4)16(26)9-14(12)15)20(27-2)22(28-3)21-19(13)23-10-29-21/h6,8-10,15H,5,7H2,1-4H3,(H,24,25)/t15-/m0/s1. The zero-order chi connectivity index (χ0) is 21.4. The summed E-state index contributed by atoms with van der Waals surface area (Å²) in [4.78, 5) is 29.8. The Labute approximate surface area is 177 Å². The Hall–Kier alpha value is -3.00. The molecule has 1 amide bonds. The van der Waals surface area contributed by atoms with Crippen molar-refractivity contribution in [1.82, 2.24) is 10.3 Å². The first-order valence-electron chi connectivity index (χ1n) is 9.49. The number of nitrogens with one attached hydrogen (secondary N) is 1. The van der Waals surface area contributed by atoms with Crippen LogP contribution >= 0.6 is 11.8 Å². The molecule has 1 heterocycles. The van der Waals surface area contributed by atoms with E-state index in [2.05, 4.69) is 10.3 Å². The molecule has 0 fully saturated rings. The molecule has 0 unspecified atom stereocenters. The lowest BCUT2D eigenvalue weighted by atomic mass is 9.95. The van der Waals surface area contributed by atoms with Crippen LogP contribution in [0.1, 0.15) is 30.5 Å². The summed E-state index contributed by atoms with van der Waals surface area (Å²) in [6.45, 7) is 1.48. The van der Waals surface area contributed by atoms with Gasteiger partial charge in [0.1, 0.15) is 5.52 Å². The van der Waals surface area contributed by atoms with Crippen LogP contribution in [0.5, 0.6) is 11.5 Å². The first-order valence-corrected chi connectivity index (χ1v) is 10.7. The van der Waals surface area contributed by atoms with E-state index in [1.54, 1.807) is 20.3 Å². The maximum Gasteiger partial charge on any atom is 0.217 e. The van der Waals surface area contributed by atoms with Crippen molar-refractivity contribution in [3.8, 4) is 22.6 Å². The van der Waals surface area contributed by atoms with Crippen LogP contribution in [-0.4, -0.2) is 31.4 Å². The second-order valence-electron chi connectivity index (χ2n) is 7.02. The molecule has 1 aliphatic rings. The fraction of sp³-hybridized carbons (Fsp3) is 0.318. The lowest BCUT2D eigenvalue weighted by Gasteiger charge is -2.18. The third-order valence-electron chi connectivity index (χ3n) is 5.37. The van der Waals surface area contributed by atoms with Crippen LogP contribution in [0.2, 0.25) is 0 Å². The number of methoxy groups -OCH3 is 2. The maximum atomic E-state index is 12.8. The van der Waals surface area contributed by atoms with Gasteiger partial charge in [-0.1, -0.05) is 6.07 Å². The van der Waals surface area contributed by atoms with Gasteiger partial charge in [-0.3, -0.25) is 9.59 Å². The van der Waals surface area contributed by atoms with Crippen LogP contribution in [0.4, 0.5) is 0 Å². The van der Waals surface area contributed by atoms with Crippen molar-refractivity contribution in [2.24, 2.45) is 0 Å². The third kappa shape index (κ3) is 3.21. The van der Waals surface area contributed by atoms with E-state index in [9.17, 15) is 9.59 Å². The first-order chi connectivity index (χ1) is 14.5. The summed E-state index contributed by atoms with van der Waals surface area (Å²) in [5.74, 6) is 0.814. The molecule has 1 atom stereocenters. The highest BCUT2D eigenvalue weighted by molar-refractivity contribution is 7.98. The average Bonchev–Trinajstić information content (AvgIpc) is 3.08. The number of hydrogen-bond acceptors (Lipinski definition) is 7. The van der Waals surface area contributed by atoms with E-state index in [0.29, 0.717) is 40.3 Å². The van der Waals surface area contributed by atoms with Crippen molar-refractivity contribution in [3.05, 3.63) is 45.9 Å². The molecular weight excluding hydrogens is 404 g/mol. The molecule has 0 spiro atoms. The quantitative estimate of drug-likeness (QED) is 0.636. The average molecular weight is 426 g/mol. The third-order valence-corrected chi connectivity index (χ3v) is 6.15. The number of aryl methyl sites for hydroxylation is 1. The van der Waals surface area contributed by atoms with Gasteiger partial charge in [0.25, 0.3) is 0 Å². The van der Waals surface area contributed by atoms with Crippen LogP contribution < -0.4 is 20.2 Å². The molecule has 3 aromatic rings. The number of hydrogen-bond donors (Lipinski definition) is 1. The van der Waals surface area contributed by atoms with E-state index in [4.69, 9.17) is 13.9 Å². The van der Waals surface area contributed by atoms with E-state index < -0.39 is 0 Å². The van der Waals surface area contributed by atoms with Crippen LogP contribution in [0.3, 0.4) is 0 Å². The minimum atomic E-state index is -0.322. The van der Waals surface area contributed by atoms with Crippen molar-refractivity contribution in [2.75, 3.05) is 20.5 Å². The number of amides is 1. The molecule has 4 rings (SSSR count). The highest BCUT2D eigenvalue weighted by atomic mass is 32.2. The van der Waals surface area contributed by atoms with Crippen molar-refractivity contribution in [2.45, 2.75) is 30.7 Å². The largest absolute Gasteiger partial charge is 0.492 e. The van der Waals surface area contributed by atoms with E-state index in [0.717, 1.165) is 22.3 Å².